The first-order chi connectivity index (χ1) is 2.27. The molecule has 2 nitrogen and oxygen atoms in total. The van der Waals surface area contributed by atoms with Crippen LogP contribution in [0.1, 0.15) is 6.92 Å². The van der Waals surface area contributed by atoms with E-state index in [9.17, 15) is 4.79 Å². The third-order valence-electron chi connectivity index (χ3n) is 0.287. The number of methoxy groups -OCH3 is 1. The molecular weight excluding hydrogens is 116 g/mol. The summed E-state index contributed by atoms with van der Waals surface area (Å²) < 4.78 is 4.11. The summed E-state index contributed by atoms with van der Waals surface area (Å²) in [6, 6.07) is 0. The van der Waals surface area contributed by atoms with E-state index in [1.807, 2.05) is 0 Å². The molecule has 0 aromatic carbocycles. The van der Waals surface area contributed by atoms with Crippen LogP contribution in [0.25, 0.3) is 0 Å². The first-order valence-corrected chi connectivity index (χ1v) is 1.32. The van der Waals surface area contributed by atoms with Crippen molar-refractivity contribution in [3.8, 4) is 0 Å². The normalized spacial score (nSPS) is 5.67. The first-order valence-electron chi connectivity index (χ1n) is 1.32. The van der Waals surface area contributed by atoms with E-state index in [0.29, 0.717) is 0 Å². The minimum Gasteiger partial charge on any atom is -0.469 e. The molecule has 0 aromatic heterocycles. The summed E-state index contributed by atoms with van der Waals surface area (Å²) in [6.07, 6.45) is 0. The van der Waals surface area contributed by atoms with E-state index in [0.717, 1.165) is 0 Å². The van der Waals surface area contributed by atoms with Gasteiger partial charge in [-0.2, -0.15) is 0 Å². The van der Waals surface area contributed by atoms with E-state index in [2.05, 4.69) is 4.74 Å². The van der Waals surface area contributed by atoms with Crippen LogP contribution >= 0.6 is 0 Å². The van der Waals surface area contributed by atoms with Crippen molar-refractivity contribution in [2.45, 2.75) is 6.92 Å². The van der Waals surface area contributed by atoms with Crippen molar-refractivity contribution in [1.29, 1.82) is 0 Å². The summed E-state index contributed by atoms with van der Waals surface area (Å²) in [5.41, 5.74) is 0. The molecule has 0 atom stereocenters. The molecule has 0 heterocycles. The van der Waals surface area contributed by atoms with Crippen LogP contribution < -0.4 is 0 Å². The van der Waals surface area contributed by atoms with Crippen LogP contribution in [0, 0.1) is 0 Å². The molecule has 0 fully saturated rings. The van der Waals surface area contributed by atoms with Crippen LogP contribution in [0.2, 0.25) is 0 Å². The molecule has 3 heteroatoms. The average molecular weight is 122 g/mol. The number of hydrogen-bond donors (Lipinski definition) is 0. The van der Waals surface area contributed by atoms with E-state index in [1.165, 1.54) is 14.0 Å². The quantitative estimate of drug-likeness (QED) is 0.338. The minimum atomic E-state index is -0.245. The Balaban J connectivity index is 0. The molecule has 0 aliphatic rings. The number of ether oxygens (including phenoxy) is 1. The van der Waals surface area contributed by atoms with Crippen molar-refractivity contribution in [2.24, 2.45) is 0 Å². The van der Waals surface area contributed by atoms with E-state index >= 15 is 0 Å². The molecule has 0 aromatic rings. The van der Waals surface area contributed by atoms with E-state index < -0.39 is 0 Å². The van der Waals surface area contributed by atoms with Crippen molar-refractivity contribution in [3.63, 3.8) is 0 Å². The summed E-state index contributed by atoms with van der Waals surface area (Å²) in [5, 5.41) is 0. The zero-order valence-electron chi connectivity index (χ0n) is 3.82. The summed E-state index contributed by atoms with van der Waals surface area (Å²) >= 11 is 0. The Morgan fingerprint density at radius 1 is 1.67 bits per heavy atom. The maximum Gasteiger partial charge on any atom is 0.302 e. The molecule has 0 aliphatic heterocycles. The van der Waals surface area contributed by atoms with Crippen LogP contribution in [0.3, 0.4) is 0 Å². The monoisotopic (exact) mass is 122 g/mol. The molecule has 0 bridgehead atoms. The largest absolute Gasteiger partial charge is 0.469 e. The maximum absolute atomic E-state index is 9.59. The molecule has 0 rings (SSSR count). The Labute approximate surface area is 51.8 Å². The fraction of sp³-hybridized carbons (Fsp3) is 0.667. The van der Waals surface area contributed by atoms with Gasteiger partial charge in [-0.05, 0) is 0 Å². The Bertz CT molecular complexity index is 44.1. The second kappa shape index (κ2) is 5.18. The molecule has 0 aliphatic carbocycles. The van der Waals surface area contributed by atoms with Crippen LogP contribution in [0.15, 0.2) is 0 Å². The molecule has 0 saturated heterocycles. The van der Waals surface area contributed by atoms with Gasteiger partial charge in [-0.1, -0.05) is 0 Å². The van der Waals surface area contributed by atoms with Crippen LogP contribution in [-0.2, 0) is 31.2 Å². The predicted octanol–water partition coefficient (Wildman–Crippen LogP) is 0.177. The Hall–Kier alpha value is 0.184. The number of carbonyl (C=O) groups excluding carboxylic acids is 1. The van der Waals surface area contributed by atoms with E-state index in [-0.39, 0.29) is 27.7 Å². The van der Waals surface area contributed by atoms with Crippen LogP contribution in [0.5, 0.6) is 0 Å². The Kier molecular flexibility index (Phi) is 8.20. The third kappa shape index (κ3) is 8.89. The maximum atomic E-state index is 9.59. The van der Waals surface area contributed by atoms with Gasteiger partial charge in [0.25, 0.3) is 0 Å². The van der Waals surface area contributed by atoms with E-state index in [1.54, 1.807) is 0 Å². The second-order valence-corrected chi connectivity index (χ2v) is 0.696. The van der Waals surface area contributed by atoms with Gasteiger partial charge >= 0.3 is 5.97 Å². The van der Waals surface area contributed by atoms with Gasteiger partial charge in [0.1, 0.15) is 0 Å². The number of hydrogen-bond acceptors (Lipinski definition) is 2. The summed E-state index contributed by atoms with van der Waals surface area (Å²) in [7, 11) is 1.35. The van der Waals surface area contributed by atoms with Crippen LogP contribution in [-0.4, -0.2) is 13.1 Å². The predicted molar refractivity (Wildman–Crippen MR) is 17.7 cm³/mol. The average Bonchev–Trinajstić information content (AvgIpc) is 1.38. The minimum absolute atomic E-state index is 0. The zero-order chi connectivity index (χ0) is 4.28. The molecule has 0 spiro atoms. The van der Waals surface area contributed by atoms with Gasteiger partial charge < -0.3 is 4.74 Å². The molecular formula is C3H6O2Ti. The van der Waals surface area contributed by atoms with E-state index in [4.69, 9.17) is 0 Å². The summed E-state index contributed by atoms with van der Waals surface area (Å²) in [5.74, 6) is -0.245. The van der Waals surface area contributed by atoms with Gasteiger partial charge in [-0.15, -0.1) is 0 Å². The summed E-state index contributed by atoms with van der Waals surface area (Å²) in [6.45, 7) is 1.36. The molecule has 0 N–H and O–H groups in total. The topological polar surface area (TPSA) is 26.3 Å². The van der Waals surface area contributed by atoms with Gasteiger partial charge in [-0.25, -0.2) is 0 Å². The van der Waals surface area contributed by atoms with Crippen molar-refractivity contribution < 1.29 is 31.2 Å². The molecule has 0 unspecified atom stereocenters. The van der Waals surface area contributed by atoms with Crippen molar-refractivity contribution in [1.82, 2.24) is 0 Å². The molecule has 34 valence electrons. The molecule has 6 heavy (non-hydrogen) atoms. The van der Waals surface area contributed by atoms with Crippen molar-refractivity contribution in [3.05, 3.63) is 0 Å². The zero-order valence-corrected chi connectivity index (χ0v) is 5.38. The Morgan fingerprint density at radius 3 is 1.83 bits per heavy atom. The molecule has 0 radical (unpaired) electrons. The standard InChI is InChI=1S/C3H6O2.Ti/c1-3(4)5-2;/h1-2H3;. The number of rotatable bonds is 0. The molecule has 0 amide bonds. The second-order valence-electron chi connectivity index (χ2n) is 0.696. The third-order valence-corrected chi connectivity index (χ3v) is 0.287. The fourth-order valence-corrected chi connectivity index (χ4v) is 0. The van der Waals surface area contributed by atoms with Gasteiger partial charge in [0.05, 0.1) is 7.11 Å². The number of esters is 1. The van der Waals surface area contributed by atoms with Gasteiger partial charge in [0, 0.05) is 28.6 Å². The van der Waals surface area contributed by atoms with Crippen molar-refractivity contribution in [2.75, 3.05) is 7.11 Å². The number of carbonyl (C=O) groups is 1. The first kappa shape index (κ1) is 9.49. The van der Waals surface area contributed by atoms with Crippen LogP contribution in [0.4, 0.5) is 0 Å². The summed E-state index contributed by atoms with van der Waals surface area (Å²) in [4.78, 5) is 9.59. The fourth-order valence-electron chi connectivity index (χ4n) is 0. The SMILES string of the molecule is COC(C)=O.[Ti]. The van der Waals surface area contributed by atoms with Crippen molar-refractivity contribution >= 4 is 5.97 Å². The smallest absolute Gasteiger partial charge is 0.302 e. The van der Waals surface area contributed by atoms with Gasteiger partial charge in [0.2, 0.25) is 0 Å². The van der Waals surface area contributed by atoms with Gasteiger partial charge in [-0.3, -0.25) is 4.79 Å². The molecule has 0 saturated carbocycles. The Morgan fingerprint density at radius 2 is 1.83 bits per heavy atom. The van der Waals surface area contributed by atoms with Gasteiger partial charge in [0.15, 0.2) is 0 Å².